The standard InChI is InChI=1S/C14H21N3O3/c18-14(15-11-4-2-1-3-5-11)12-10-13(20-16-12)17-6-8-19-9-7-17/h10-11H,1-9H2,(H,15,18). The predicted octanol–water partition coefficient (Wildman–Crippen LogP) is 1.57. The van der Waals surface area contributed by atoms with E-state index in [9.17, 15) is 4.79 Å². The van der Waals surface area contributed by atoms with Crippen molar-refractivity contribution in [2.24, 2.45) is 0 Å². The quantitative estimate of drug-likeness (QED) is 0.909. The van der Waals surface area contributed by atoms with E-state index < -0.39 is 0 Å². The van der Waals surface area contributed by atoms with E-state index in [0.717, 1.165) is 25.9 Å². The van der Waals surface area contributed by atoms with Gasteiger partial charge < -0.3 is 19.5 Å². The van der Waals surface area contributed by atoms with E-state index in [2.05, 4.69) is 10.5 Å². The molecule has 6 heteroatoms. The molecule has 0 radical (unpaired) electrons. The monoisotopic (exact) mass is 279 g/mol. The molecule has 0 atom stereocenters. The van der Waals surface area contributed by atoms with Crippen molar-refractivity contribution in [3.63, 3.8) is 0 Å². The number of anilines is 1. The van der Waals surface area contributed by atoms with Gasteiger partial charge in [-0.1, -0.05) is 24.4 Å². The molecule has 110 valence electrons. The Hall–Kier alpha value is -1.56. The average molecular weight is 279 g/mol. The first kappa shape index (κ1) is 13.4. The number of carbonyl (C=O) groups is 1. The van der Waals surface area contributed by atoms with E-state index >= 15 is 0 Å². The van der Waals surface area contributed by atoms with Crippen LogP contribution < -0.4 is 10.2 Å². The van der Waals surface area contributed by atoms with Crippen LogP contribution in [-0.2, 0) is 4.74 Å². The van der Waals surface area contributed by atoms with E-state index in [1.807, 2.05) is 4.90 Å². The minimum Gasteiger partial charge on any atom is -0.378 e. The molecule has 0 unspecified atom stereocenters. The SMILES string of the molecule is O=C(NC1CCCCC1)c1cc(N2CCOCC2)on1. The molecule has 0 aromatic carbocycles. The summed E-state index contributed by atoms with van der Waals surface area (Å²) in [5.41, 5.74) is 0.372. The number of carbonyl (C=O) groups excluding carboxylic acids is 1. The summed E-state index contributed by atoms with van der Waals surface area (Å²) in [4.78, 5) is 14.2. The van der Waals surface area contributed by atoms with Crippen molar-refractivity contribution < 1.29 is 14.1 Å². The van der Waals surface area contributed by atoms with Crippen LogP contribution in [0.25, 0.3) is 0 Å². The van der Waals surface area contributed by atoms with Crippen molar-refractivity contribution in [2.45, 2.75) is 38.1 Å². The zero-order valence-corrected chi connectivity index (χ0v) is 11.6. The van der Waals surface area contributed by atoms with Crippen LogP contribution in [-0.4, -0.2) is 43.4 Å². The van der Waals surface area contributed by atoms with Crippen molar-refractivity contribution in [1.82, 2.24) is 10.5 Å². The second kappa shape index (κ2) is 6.26. The van der Waals surface area contributed by atoms with Gasteiger partial charge in [-0.3, -0.25) is 4.79 Å². The Balaban J connectivity index is 1.58. The summed E-state index contributed by atoms with van der Waals surface area (Å²) in [5.74, 6) is 0.530. The molecule has 2 aliphatic rings. The minimum absolute atomic E-state index is 0.125. The van der Waals surface area contributed by atoms with Crippen LogP contribution >= 0.6 is 0 Å². The molecule has 1 aliphatic heterocycles. The van der Waals surface area contributed by atoms with Gasteiger partial charge in [-0.15, -0.1) is 0 Å². The first-order valence-corrected chi connectivity index (χ1v) is 7.43. The Bertz CT molecular complexity index is 448. The Morgan fingerprint density at radius 2 is 2.00 bits per heavy atom. The molecule has 1 amide bonds. The summed E-state index contributed by atoms with van der Waals surface area (Å²) < 4.78 is 10.6. The van der Waals surface area contributed by atoms with E-state index in [1.165, 1.54) is 19.3 Å². The van der Waals surface area contributed by atoms with E-state index in [-0.39, 0.29) is 5.91 Å². The van der Waals surface area contributed by atoms with E-state index in [4.69, 9.17) is 9.26 Å². The number of rotatable bonds is 3. The van der Waals surface area contributed by atoms with Gasteiger partial charge in [-0.2, -0.15) is 0 Å². The van der Waals surface area contributed by atoms with Crippen LogP contribution in [0.4, 0.5) is 5.88 Å². The molecule has 1 N–H and O–H groups in total. The molecule has 6 nitrogen and oxygen atoms in total. The van der Waals surface area contributed by atoms with Crippen molar-refractivity contribution >= 4 is 11.8 Å². The number of aromatic nitrogens is 1. The number of hydrogen-bond donors (Lipinski definition) is 1. The maximum atomic E-state index is 12.1. The van der Waals surface area contributed by atoms with Gasteiger partial charge >= 0.3 is 0 Å². The Morgan fingerprint density at radius 1 is 1.25 bits per heavy atom. The highest BCUT2D eigenvalue weighted by Crippen LogP contribution is 2.19. The zero-order valence-electron chi connectivity index (χ0n) is 11.6. The largest absolute Gasteiger partial charge is 0.378 e. The topological polar surface area (TPSA) is 67.6 Å². The molecule has 1 aliphatic carbocycles. The fourth-order valence-corrected chi connectivity index (χ4v) is 2.81. The van der Waals surface area contributed by atoms with Crippen LogP contribution in [0.1, 0.15) is 42.6 Å². The Kier molecular flexibility index (Phi) is 4.20. The summed E-state index contributed by atoms with van der Waals surface area (Å²) in [5, 5.41) is 6.93. The predicted molar refractivity (Wildman–Crippen MR) is 73.9 cm³/mol. The second-order valence-electron chi connectivity index (χ2n) is 5.46. The molecule has 1 aromatic heterocycles. The molecule has 0 bridgehead atoms. The van der Waals surface area contributed by atoms with Gasteiger partial charge in [0.05, 0.1) is 13.2 Å². The van der Waals surface area contributed by atoms with E-state index in [1.54, 1.807) is 6.07 Å². The Labute approximate surface area is 118 Å². The van der Waals surface area contributed by atoms with Gasteiger partial charge in [-0.25, -0.2) is 0 Å². The van der Waals surface area contributed by atoms with Crippen LogP contribution in [0.2, 0.25) is 0 Å². The van der Waals surface area contributed by atoms with Crippen molar-refractivity contribution in [3.05, 3.63) is 11.8 Å². The molecule has 1 aromatic rings. The molecule has 1 saturated heterocycles. The molecular weight excluding hydrogens is 258 g/mol. The molecule has 20 heavy (non-hydrogen) atoms. The molecule has 3 rings (SSSR count). The van der Waals surface area contributed by atoms with Crippen molar-refractivity contribution in [2.75, 3.05) is 31.2 Å². The van der Waals surface area contributed by atoms with Crippen molar-refractivity contribution in [1.29, 1.82) is 0 Å². The van der Waals surface area contributed by atoms with E-state index in [0.29, 0.717) is 30.8 Å². The maximum absolute atomic E-state index is 12.1. The van der Waals surface area contributed by atoms with Gasteiger partial charge in [0.25, 0.3) is 5.91 Å². The highest BCUT2D eigenvalue weighted by Gasteiger charge is 2.21. The number of hydrogen-bond acceptors (Lipinski definition) is 5. The van der Waals surface area contributed by atoms with Gasteiger partial charge in [0.15, 0.2) is 5.69 Å². The number of morpholine rings is 1. The molecule has 1 saturated carbocycles. The highest BCUT2D eigenvalue weighted by atomic mass is 16.5. The van der Waals surface area contributed by atoms with Crippen molar-refractivity contribution in [3.8, 4) is 0 Å². The number of ether oxygens (including phenoxy) is 1. The second-order valence-corrected chi connectivity index (χ2v) is 5.46. The summed E-state index contributed by atoms with van der Waals surface area (Å²) in [7, 11) is 0. The van der Waals surface area contributed by atoms with Crippen LogP contribution in [0, 0.1) is 0 Å². The molecule has 0 spiro atoms. The molecule has 2 fully saturated rings. The molecular formula is C14H21N3O3. The average Bonchev–Trinajstić information content (AvgIpc) is 2.99. The third kappa shape index (κ3) is 3.12. The van der Waals surface area contributed by atoms with Crippen LogP contribution in [0.15, 0.2) is 10.6 Å². The summed E-state index contributed by atoms with van der Waals surface area (Å²) >= 11 is 0. The van der Waals surface area contributed by atoms with Crippen LogP contribution in [0.3, 0.4) is 0 Å². The fourth-order valence-electron chi connectivity index (χ4n) is 2.81. The Morgan fingerprint density at radius 3 is 2.75 bits per heavy atom. The lowest BCUT2D eigenvalue weighted by molar-refractivity contribution is 0.0918. The third-order valence-electron chi connectivity index (χ3n) is 3.99. The third-order valence-corrected chi connectivity index (χ3v) is 3.99. The zero-order chi connectivity index (χ0) is 13.8. The normalized spacial score (nSPS) is 20.9. The van der Waals surface area contributed by atoms with Gasteiger partial charge in [0.1, 0.15) is 0 Å². The lowest BCUT2D eigenvalue weighted by atomic mass is 9.95. The highest BCUT2D eigenvalue weighted by molar-refractivity contribution is 5.93. The summed E-state index contributed by atoms with van der Waals surface area (Å²) in [6, 6.07) is 2.02. The number of amides is 1. The number of nitrogens with one attached hydrogen (secondary N) is 1. The fraction of sp³-hybridized carbons (Fsp3) is 0.714. The minimum atomic E-state index is -0.125. The van der Waals surface area contributed by atoms with Gasteiger partial charge in [0, 0.05) is 25.2 Å². The number of nitrogens with zero attached hydrogens (tertiary/aromatic N) is 2. The summed E-state index contributed by atoms with van der Waals surface area (Å²) in [6.45, 7) is 2.92. The lowest BCUT2D eigenvalue weighted by Gasteiger charge is -2.25. The van der Waals surface area contributed by atoms with Crippen LogP contribution in [0.5, 0.6) is 0 Å². The smallest absolute Gasteiger partial charge is 0.273 e. The van der Waals surface area contributed by atoms with Gasteiger partial charge in [-0.05, 0) is 12.8 Å². The van der Waals surface area contributed by atoms with Gasteiger partial charge in [0.2, 0.25) is 5.88 Å². The first-order chi connectivity index (χ1) is 9.83. The first-order valence-electron chi connectivity index (χ1n) is 7.43. The lowest BCUT2D eigenvalue weighted by Crippen LogP contribution is -2.36. The summed E-state index contributed by atoms with van der Waals surface area (Å²) in [6.07, 6.45) is 5.81. The molecule has 2 heterocycles. The maximum Gasteiger partial charge on any atom is 0.273 e.